The third-order valence-electron chi connectivity index (χ3n) is 5.41. The SMILES string of the molecule is COc1ccccc1C(=O)NC[C@H]1OC[C@@H](n2ccc(=O)[nH]c2=O)[C@@H]2OC(C)(C)O[C@@H]21. The summed E-state index contributed by atoms with van der Waals surface area (Å²) in [5.74, 6) is -0.714. The van der Waals surface area contributed by atoms with Crippen LogP contribution >= 0.6 is 0 Å². The van der Waals surface area contributed by atoms with E-state index in [4.69, 9.17) is 18.9 Å². The van der Waals surface area contributed by atoms with Crippen LogP contribution in [0.15, 0.2) is 46.1 Å². The number of rotatable bonds is 5. The van der Waals surface area contributed by atoms with Crippen LogP contribution in [-0.4, -0.2) is 59.8 Å². The maximum absolute atomic E-state index is 12.7. The zero-order valence-corrected chi connectivity index (χ0v) is 17.5. The van der Waals surface area contributed by atoms with Crippen molar-refractivity contribution in [2.75, 3.05) is 20.3 Å². The predicted molar refractivity (Wildman–Crippen MR) is 109 cm³/mol. The summed E-state index contributed by atoms with van der Waals surface area (Å²) < 4.78 is 24.7. The number of hydrogen-bond acceptors (Lipinski definition) is 7. The number of para-hydroxylation sites is 1. The molecule has 2 aliphatic heterocycles. The number of aromatic amines is 1. The van der Waals surface area contributed by atoms with Crippen molar-refractivity contribution in [3.8, 4) is 5.75 Å². The molecule has 4 atom stereocenters. The van der Waals surface area contributed by atoms with Crippen LogP contribution in [0.5, 0.6) is 5.75 Å². The average molecular weight is 431 g/mol. The van der Waals surface area contributed by atoms with Crippen LogP contribution in [-0.2, 0) is 14.2 Å². The minimum Gasteiger partial charge on any atom is -0.496 e. The number of fused-ring (bicyclic) bond motifs is 1. The van der Waals surface area contributed by atoms with E-state index in [-0.39, 0.29) is 19.1 Å². The molecule has 166 valence electrons. The highest BCUT2D eigenvalue weighted by molar-refractivity contribution is 5.96. The van der Waals surface area contributed by atoms with E-state index in [9.17, 15) is 14.4 Å². The van der Waals surface area contributed by atoms with Gasteiger partial charge in [0.2, 0.25) is 0 Å². The van der Waals surface area contributed by atoms with Crippen molar-refractivity contribution in [3.05, 3.63) is 62.9 Å². The molecule has 10 nitrogen and oxygen atoms in total. The molecule has 3 heterocycles. The van der Waals surface area contributed by atoms with E-state index in [1.807, 2.05) is 0 Å². The monoisotopic (exact) mass is 431 g/mol. The molecule has 10 heteroatoms. The predicted octanol–water partition coefficient (Wildman–Crippen LogP) is 0.435. The third-order valence-corrected chi connectivity index (χ3v) is 5.41. The Morgan fingerprint density at radius 3 is 2.71 bits per heavy atom. The standard InChI is InChI=1S/C21H25N3O7/c1-21(2)30-17-13(24-9-8-16(25)23-20(24)27)11-29-15(18(17)31-21)10-22-19(26)12-6-4-5-7-14(12)28-3/h4-9,13,15,17-18H,10-11H2,1-3H3,(H,22,26)(H,23,25,27)/t13-,15-,17+,18-/m1/s1. The maximum Gasteiger partial charge on any atom is 0.328 e. The molecule has 2 aliphatic rings. The molecule has 1 aromatic heterocycles. The van der Waals surface area contributed by atoms with Crippen LogP contribution in [0.3, 0.4) is 0 Å². The van der Waals surface area contributed by atoms with Crippen molar-refractivity contribution >= 4 is 5.91 Å². The number of aromatic nitrogens is 2. The number of ether oxygens (including phenoxy) is 4. The number of hydrogen-bond donors (Lipinski definition) is 2. The van der Waals surface area contributed by atoms with Gasteiger partial charge >= 0.3 is 5.69 Å². The van der Waals surface area contributed by atoms with Gasteiger partial charge < -0.3 is 24.3 Å². The van der Waals surface area contributed by atoms with Crippen LogP contribution in [0.4, 0.5) is 0 Å². The number of methoxy groups -OCH3 is 1. The molecule has 2 aromatic rings. The smallest absolute Gasteiger partial charge is 0.328 e. The van der Waals surface area contributed by atoms with E-state index in [0.717, 1.165) is 0 Å². The Labute approximate surface area is 178 Å². The molecule has 4 rings (SSSR count). The van der Waals surface area contributed by atoms with Crippen LogP contribution in [0, 0.1) is 0 Å². The lowest BCUT2D eigenvalue weighted by atomic mass is 9.97. The third kappa shape index (κ3) is 4.27. The van der Waals surface area contributed by atoms with Gasteiger partial charge in [-0.25, -0.2) is 4.79 Å². The molecular weight excluding hydrogens is 406 g/mol. The molecule has 1 amide bonds. The van der Waals surface area contributed by atoms with E-state index < -0.39 is 41.4 Å². The van der Waals surface area contributed by atoms with Gasteiger partial charge in [0, 0.05) is 18.8 Å². The second-order valence-corrected chi connectivity index (χ2v) is 7.93. The summed E-state index contributed by atoms with van der Waals surface area (Å²) in [4.78, 5) is 38.6. The minimum absolute atomic E-state index is 0.155. The van der Waals surface area contributed by atoms with E-state index in [1.165, 1.54) is 23.9 Å². The van der Waals surface area contributed by atoms with Crippen molar-refractivity contribution in [2.45, 2.75) is 44.0 Å². The quantitative estimate of drug-likeness (QED) is 0.704. The Kier molecular flexibility index (Phi) is 5.69. The zero-order valence-electron chi connectivity index (χ0n) is 17.5. The summed E-state index contributed by atoms with van der Waals surface area (Å²) in [6, 6.07) is 7.72. The summed E-state index contributed by atoms with van der Waals surface area (Å²) in [7, 11) is 1.51. The van der Waals surface area contributed by atoms with Crippen molar-refractivity contribution < 1.29 is 23.7 Å². The van der Waals surface area contributed by atoms with Crippen LogP contribution < -0.4 is 21.3 Å². The van der Waals surface area contributed by atoms with Crippen LogP contribution in [0.1, 0.15) is 30.2 Å². The fraction of sp³-hybridized carbons (Fsp3) is 0.476. The summed E-state index contributed by atoms with van der Waals surface area (Å²) in [5, 5.41) is 2.86. The van der Waals surface area contributed by atoms with Gasteiger partial charge in [-0.05, 0) is 26.0 Å². The summed E-state index contributed by atoms with van der Waals surface area (Å²) in [6.07, 6.45) is -0.0868. The van der Waals surface area contributed by atoms with E-state index in [0.29, 0.717) is 11.3 Å². The minimum atomic E-state index is -0.891. The molecule has 2 saturated heterocycles. The molecule has 0 unspecified atom stereocenters. The number of amides is 1. The second-order valence-electron chi connectivity index (χ2n) is 7.93. The molecule has 0 saturated carbocycles. The summed E-state index contributed by atoms with van der Waals surface area (Å²) in [6.45, 7) is 3.90. The van der Waals surface area contributed by atoms with Gasteiger partial charge in [-0.3, -0.25) is 19.1 Å². The molecule has 0 radical (unpaired) electrons. The largest absolute Gasteiger partial charge is 0.496 e. The van der Waals surface area contributed by atoms with Crippen LogP contribution in [0.2, 0.25) is 0 Å². The van der Waals surface area contributed by atoms with Gasteiger partial charge in [-0.1, -0.05) is 12.1 Å². The van der Waals surface area contributed by atoms with Gasteiger partial charge in [-0.2, -0.15) is 0 Å². The first-order valence-corrected chi connectivity index (χ1v) is 9.99. The van der Waals surface area contributed by atoms with Gasteiger partial charge in [0.1, 0.15) is 24.1 Å². The van der Waals surface area contributed by atoms with E-state index in [1.54, 1.807) is 38.1 Å². The molecule has 0 bridgehead atoms. The van der Waals surface area contributed by atoms with Crippen molar-refractivity contribution in [3.63, 3.8) is 0 Å². The van der Waals surface area contributed by atoms with E-state index >= 15 is 0 Å². The lowest BCUT2D eigenvalue weighted by Crippen LogP contribution is -2.54. The summed E-state index contributed by atoms with van der Waals surface area (Å²) >= 11 is 0. The van der Waals surface area contributed by atoms with E-state index in [2.05, 4.69) is 10.3 Å². The number of carbonyl (C=O) groups is 1. The Morgan fingerprint density at radius 1 is 1.23 bits per heavy atom. The first-order chi connectivity index (χ1) is 14.8. The van der Waals surface area contributed by atoms with Gasteiger partial charge in [0.25, 0.3) is 11.5 Å². The Balaban J connectivity index is 1.51. The number of nitrogens with one attached hydrogen (secondary N) is 2. The molecule has 31 heavy (non-hydrogen) atoms. The fourth-order valence-electron chi connectivity index (χ4n) is 4.04. The first kappa shape index (κ1) is 21.3. The Hall–Kier alpha value is -2.95. The molecule has 2 N–H and O–H groups in total. The average Bonchev–Trinajstić information content (AvgIpc) is 3.07. The van der Waals surface area contributed by atoms with Crippen molar-refractivity contribution in [1.82, 2.24) is 14.9 Å². The van der Waals surface area contributed by atoms with Gasteiger partial charge in [-0.15, -0.1) is 0 Å². The molecule has 2 fully saturated rings. The molecule has 1 aromatic carbocycles. The Bertz CT molecular complexity index is 1080. The fourth-order valence-corrected chi connectivity index (χ4v) is 4.04. The lowest BCUT2D eigenvalue weighted by Gasteiger charge is -2.37. The zero-order chi connectivity index (χ0) is 22.2. The van der Waals surface area contributed by atoms with Crippen LogP contribution in [0.25, 0.3) is 0 Å². The number of H-pyrrole nitrogens is 1. The molecule has 0 spiro atoms. The highest BCUT2D eigenvalue weighted by atomic mass is 16.8. The number of nitrogens with zero attached hydrogens (tertiary/aromatic N) is 1. The van der Waals surface area contributed by atoms with Crippen molar-refractivity contribution in [2.24, 2.45) is 0 Å². The molecular formula is C21H25N3O7. The topological polar surface area (TPSA) is 121 Å². The maximum atomic E-state index is 12.7. The van der Waals surface area contributed by atoms with Crippen molar-refractivity contribution in [1.29, 1.82) is 0 Å². The summed E-state index contributed by atoms with van der Waals surface area (Å²) in [5.41, 5.74) is -0.606. The van der Waals surface area contributed by atoms with Gasteiger partial charge in [0.15, 0.2) is 5.79 Å². The second kappa shape index (κ2) is 8.29. The highest BCUT2D eigenvalue weighted by Gasteiger charge is 2.52. The number of carbonyl (C=O) groups excluding carboxylic acids is 1. The molecule has 0 aliphatic carbocycles. The van der Waals surface area contributed by atoms with Gasteiger partial charge in [0.05, 0.1) is 25.3 Å². The lowest BCUT2D eigenvalue weighted by molar-refractivity contribution is -0.153. The normalized spacial score (nSPS) is 26.8. The Morgan fingerprint density at radius 2 is 1.97 bits per heavy atom. The highest BCUT2D eigenvalue weighted by Crippen LogP contribution is 2.39. The number of benzene rings is 1. The first-order valence-electron chi connectivity index (χ1n) is 9.99.